The minimum absolute atomic E-state index is 0.158. The van der Waals surface area contributed by atoms with Crippen LogP contribution in [0.1, 0.15) is 78.6 Å². The molecule has 3 aromatic rings. The van der Waals surface area contributed by atoms with Gasteiger partial charge in [0, 0.05) is 30.6 Å². The fraction of sp³-hybridized carbons (Fsp3) is 0.333. The Labute approximate surface area is 212 Å². The molecule has 37 heavy (non-hydrogen) atoms. The van der Waals surface area contributed by atoms with E-state index in [0.717, 1.165) is 12.5 Å². The first kappa shape index (κ1) is 25.8. The number of carbonyl (C=O) groups is 1. The van der Waals surface area contributed by atoms with E-state index in [-0.39, 0.29) is 11.3 Å². The molecule has 0 aromatic carbocycles. The van der Waals surface area contributed by atoms with Crippen LogP contribution in [0, 0.1) is 23.2 Å². The zero-order valence-electron chi connectivity index (χ0n) is 20.2. The third-order valence-corrected chi connectivity index (χ3v) is 5.94. The van der Waals surface area contributed by atoms with Gasteiger partial charge in [0.05, 0.1) is 34.1 Å². The van der Waals surface area contributed by atoms with Crippen LogP contribution < -0.4 is 5.32 Å². The van der Waals surface area contributed by atoms with Crippen molar-refractivity contribution >= 4 is 5.91 Å². The van der Waals surface area contributed by atoms with Gasteiger partial charge in [0.15, 0.2) is 0 Å². The second-order valence-electron chi connectivity index (χ2n) is 8.79. The summed E-state index contributed by atoms with van der Waals surface area (Å²) in [6.45, 7) is 3.63. The van der Waals surface area contributed by atoms with E-state index >= 15 is 0 Å². The summed E-state index contributed by atoms with van der Waals surface area (Å²) in [6, 6.07) is 6.61. The van der Waals surface area contributed by atoms with Gasteiger partial charge in [-0.05, 0) is 50.5 Å². The Balaban J connectivity index is 1.64. The van der Waals surface area contributed by atoms with Crippen molar-refractivity contribution < 1.29 is 18.0 Å². The van der Waals surface area contributed by atoms with Gasteiger partial charge in [0.1, 0.15) is 17.5 Å². The number of pyridine rings is 2. The highest BCUT2D eigenvalue weighted by atomic mass is 19.4. The standard InChI is InChI=1S/C27H23F3N6O/c1-3-4-5-8-26(9-10-26)21-13-19(14-22(36-21)27(28,29)30)25(37)35-17(2)23-24(33-12-11-32-23)20-7-6-18(15-31)16-34-20/h6-7,11-14,16-17H,3-4,9-10H2,1-2H3,(H,35,37). The fourth-order valence-electron chi connectivity index (χ4n) is 3.79. The molecule has 1 aliphatic carbocycles. The summed E-state index contributed by atoms with van der Waals surface area (Å²) in [7, 11) is 0. The van der Waals surface area contributed by atoms with Crippen LogP contribution in [0.3, 0.4) is 0 Å². The van der Waals surface area contributed by atoms with E-state index in [1.807, 2.05) is 13.0 Å². The summed E-state index contributed by atoms with van der Waals surface area (Å²) in [5, 5.41) is 11.7. The Kier molecular flexibility index (Phi) is 7.21. The first-order chi connectivity index (χ1) is 17.7. The molecule has 188 valence electrons. The maximum absolute atomic E-state index is 13.7. The summed E-state index contributed by atoms with van der Waals surface area (Å²) in [5.41, 5.74) is -0.311. The van der Waals surface area contributed by atoms with Crippen molar-refractivity contribution in [1.82, 2.24) is 25.3 Å². The van der Waals surface area contributed by atoms with Crippen molar-refractivity contribution in [2.75, 3.05) is 0 Å². The average Bonchev–Trinajstić information content (AvgIpc) is 3.69. The molecule has 1 saturated carbocycles. The Morgan fingerprint density at radius 1 is 1.19 bits per heavy atom. The van der Waals surface area contributed by atoms with Crippen molar-refractivity contribution in [3.05, 3.63) is 71.1 Å². The van der Waals surface area contributed by atoms with Gasteiger partial charge in [-0.25, -0.2) is 4.98 Å². The lowest BCUT2D eigenvalue weighted by Gasteiger charge is -2.18. The molecule has 1 aliphatic rings. The van der Waals surface area contributed by atoms with Gasteiger partial charge in [0.2, 0.25) is 0 Å². The van der Waals surface area contributed by atoms with Gasteiger partial charge in [-0.1, -0.05) is 12.8 Å². The van der Waals surface area contributed by atoms with Crippen molar-refractivity contribution in [3.8, 4) is 29.3 Å². The topological polar surface area (TPSA) is 104 Å². The Bertz CT molecular complexity index is 1410. The summed E-state index contributed by atoms with van der Waals surface area (Å²) < 4.78 is 41.0. The smallest absolute Gasteiger partial charge is 0.344 e. The second kappa shape index (κ2) is 10.4. The van der Waals surface area contributed by atoms with Crippen LogP contribution in [0.15, 0.2) is 42.9 Å². The number of rotatable bonds is 6. The van der Waals surface area contributed by atoms with E-state index in [1.54, 1.807) is 19.1 Å². The molecule has 1 atom stereocenters. The first-order valence-electron chi connectivity index (χ1n) is 11.7. The minimum Gasteiger partial charge on any atom is -0.344 e. The number of halogens is 3. The SMILES string of the molecule is CCCC#CC1(c2cc(C(=O)NC(C)c3nccnc3-c3ccc(C#N)cn3)cc(C(F)(F)F)n2)CC1. The molecule has 3 heterocycles. The van der Waals surface area contributed by atoms with E-state index in [4.69, 9.17) is 5.26 Å². The van der Waals surface area contributed by atoms with Crippen LogP contribution in [-0.2, 0) is 11.6 Å². The molecule has 0 saturated heterocycles. The van der Waals surface area contributed by atoms with Crippen LogP contribution in [0.25, 0.3) is 11.4 Å². The van der Waals surface area contributed by atoms with Crippen molar-refractivity contribution in [1.29, 1.82) is 5.26 Å². The highest BCUT2D eigenvalue weighted by Crippen LogP contribution is 2.47. The lowest BCUT2D eigenvalue weighted by molar-refractivity contribution is -0.141. The summed E-state index contributed by atoms with van der Waals surface area (Å²) in [4.78, 5) is 29.9. The van der Waals surface area contributed by atoms with E-state index in [9.17, 15) is 18.0 Å². The van der Waals surface area contributed by atoms with Crippen LogP contribution in [0.4, 0.5) is 13.2 Å². The molecule has 7 nitrogen and oxygen atoms in total. The maximum Gasteiger partial charge on any atom is 0.433 e. The molecule has 1 fully saturated rings. The predicted molar refractivity (Wildman–Crippen MR) is 129 cm³/mol. The molecule has 4 rings (SSSR count). The third kappa shape index (κ3) is 5.75. The lowest BCUT2D eigenvalue weighted by Crippen LogP contribution is -2.29. The number of nitrogens with zero attached hydrogens (tertiary/aromatic N) is 5. The zero-order valence-corrected chi connectivity index (χ0v) is 20.2. The number of amides is 1. The van der Waals surface area contributed by atoms with Gasteiger partial charge in [-0.3, -0.25) is 19.7 Å². The number of nitrogens with one attached hydrogen (secondary N) is 1. The molecule has 0 radical (unpaired) electrons. The largest absolute Gasteiger partial charge is 0.433 e. The number of unbranched alkanes of at least 4 members (excludes halogenated alkanes) is 1. The molecule has 10 heteroatoms. The van der Waals surface area contributed by atoms with Crippen LogP contribution in [-0.4, -0.2) is 25.8 Å². The Morgan fingerprint density at radius 3 is 2.57 bits per heavy atom. The first-order valence-corrected chi connectivity index (χ1v) is 11.7. The molecule has 1 N–H and O–H groups in total. The number of aromatic nitrogens is 4. The summed E-state index contributed by atoms with van der Waals surface area (Å²) in [6.07, 6.45) is 2.25. The second-order valence-corrected chi connectivity index (χ2v) is 8.79. The normalized spacial score (nSPS) is 14.6. The predicted octanol–water partition coefficient (Wildman–Crippen LogP) is 5.15. The van der Waals surface area contributed by atoms with E-state index in [2.05, 4.69) is 37.1 Å². The van der Waals surface area contributed by atoms with Gasteiger partial charge >= 0.3 is 6.18 Å². The molecular formula is C27H23F3N6O. The van der Waals surface area contributed by atoms with Gasteiger partial charge in [-0.15, -0.1) is 5.92 Å². The highest BCUT2D eigenvalue weighted by molar-refractivity contribution is 5.95. The maximum atomic E-state index is 13.7. The number of hydrogen-bond donors (Lipinski definition) is 1. The molecule has 1 unspecified atom stereocenters. The molecular weight excluding hydrogens is 481 g/mol. The lowest BCUT2D eigenvalue weighted by atomic mass is 9.99. The monoisotopic (exact) mass is 504 g/mol. The molecule has 0 spiro atoms. The molecule has 1 amide bonds. The number of hydrogen-bond acceptors (Lipinski definition) is 6. The van der Waals surface area contributed by atoms with Gasteiger partial charge < -0.3 is 5.32 Å². The molecule has 0 aliphatic heterocycles. The fourth-order valence-corrected chi connectivity index (χ4v) is 3.79. The number of nitriles is 1. The molecule has 0 bridgehead atoms. The van der Waals surface area contributed by atoms with E-state index < -0.39 is 29.2 Å². The number of carbonyl (C=O) groups excluding carboxylic acids is 1. The van der Waals surface area contributed by atoms with E-state index in [1.165, 1.54) is 24.7 Å². The quantitative estimate of drug-likeness (QED) is 0.466. The highest BCUT2D eigenvalue weighted by Gasteiger charge is 2.46. The minimum atomic E-state index is -4.72. The van der Waals surface area contributed by atoms with Crippen molar-refractivity contribution in [2.45, 2.75) is 57.2 Å². The van der Waals surface area contributed by atoms with Crippen molar-refractivity contribution in [2.24, 2.45) is 0 Å². The Morgan fingerprint density at radius 2 is 1.95 bits per heavy atom. The van der Waals surface area contributed by atoms with Crippen molar-refractivity contribution in [3.63, 3.8) is 0 Å². The third-order valence-electron chi connectivity index (χ3n) is 5.94. The van der Waals surface area contributed by atoms with Gasteiger partial charge in [-0.2, -0.15) is 18.4 Å². The summed E-state index contributed by atoms with van der Waals surface area (Å²) >= 11 is 0. The zero-order chi connectivity index (χ0) is 26.6. The number of alkyl halides is 3. The average molecular weight is 505 g/mol. The van der Waals surface area contributed by atoms with Gasteiger partial charge in [0.25, 0.3) is 5.91 Å². The van der Waals surface area contributed by atoms with Crippen LogP contribution in [0.5, 0.6) is 0 Å². The van der Waals surface area contributed by atoms with Crippen LogP contribution in [0.2, 0.25) is 0 Å². The molecule has 3 aromatic heterocycles. The van der Waals surface area contributed by atoms with E-state index in [0.29, 0.717) is 41.9 Å². The van der Waals surface area contributed by atoms with Crippen LogP contribution >= 0.6 is 0 Å². The summed E-state index contributed by atoms with van der Waals surface area (Å²) in [5.74, 6) is 5.39. The Hall–Kier alpha value is -4.31.